The van der Waals surface area contributed by atoms with Crippen LogP contribution in [0.25, 0.3) is 0 Å². The Kier molecular flexibility index (Phi) is 4.39. The van der Waals surface area contributed by atoms with E-state index in [4.69, 9.17) is 4.74 Å². The lowest BCUT2D eigenvalue weighted by Crippen LogP contribution is -2.04. The Bertz CT molecular complexity index is 610. The van der Waals surface area contributed by atoms with Gasteiger partial charge in [0.15, 0.2) is 0 Å². The number of nitrogens with one attached hydrogen (secondary N) is 1. The van der Waals surface area contributed by atoms with E-state index in [9.17, 15) is 0 Å². The first kappa shape index (κ1) is 13.9. The average molecular weight is 282 g/mol. The molecule has 1 aliphatic carbocycles. The van der Waals surface area contributed by atoms with Gasteiger partial charge in [0.25, 0.3) is 0 Å². The molecule has 0 fully saturated rings. The van der Waals surface area contributed by atoms with Crippen molar-refractivity contribution in [1.82, 2.24) is 4.98 Å². The summed E-state index contributed by atoms with van der Waals surface area (Å²) < 4.78 is 5.90. The standard InChI is InChI=1S/C18H22N2O/c1-2-19-16-9-10-20-17(12-16)13-21-18-8-7-14-5-3-4-6-15(14)11-18/h7-12H,2-6,13H2,1H3,(H,19,20). The molecule has 1 heterocycles. The van der Waals surface area contributed by atoms with Gasteiger partial charge in [0.05, 0.1) is 5.69 Å². The number of hydrogen-bond acceptors (Lipinski definition) is 3. The van der Waals surface area contributed by atoms with Gasteiger partial charge in [-0.1, -0.05) is 6.07 Å². The largest absolute Gasteiger partial charge is 0.487 e. The second-order valence-electron chi connectivity index (χ2n) is 5.49. The molecule has 1 aromatic carbocycles. The van der Waals surface area contributed by atoms with Crippen molar-refractivity contribution in [3.63, 3.8) is 0 Å². The van der Waals surface area contributed by atoms with E-state index in [1.807, 2.05) is 18.3 Å². The van der Waals surface area contributed by atoms with E-state index in [0.29, 0.717) is 6.61 Å². The van der Waals surface area contributed by atoms with Crippen molar-refractivity contribution in [2.24, 2.45) is 0 Å². The highest BCUT2D eigenvalue weighted by molar-refractivity contribution is 5.43. The first-order chi connectivity index (χ1) is 10.3. The molecule has 0 spiro atoms. The zero-order chi connectivity index (χ0) is 14.5. The van der Waals surface area contributed by atoms with Crippen LogP contribution in [0.5, 0.6) is 5.75 Å². The average Bonchev–Trinajstić information content (AvgIpc) is 2.53. The molecule has 3 rings (SSSR count). The summed E-state index contributed by atoms with van der Waals surface area (Å²) in [5.41, 5.74) is 4.98. The number of hydrogen-bond donors (Lipinski definition) is 1. The Balaban J connectivity index is 1.66. The van der Waals surface area contributed by atoms with E-state index in [0.717, 1.165) is 23.7 Å². The van der Waals surface area contributed by atoms with Crippen molar-refractivity contribution in [3.8, 4) is 5.75 Å². The number of pyridine rings is 1. The number of fused-ring (bicyclic) bond motifs is 1. The molecule has 21 heavy (non-hydrogen) atoms. The zero-order valence-corrected chi connectivity index (χ0v) is 12.6. The van der Waals surface area contributed by atoms with Crippen LogP contribution in [0.2, 0.25) is 0 Å². The van der Waals surface area contributed by atoms with E-state index < -0.39 is 0 Å². The molecule has 1 aliphatic rings. The van der Waals surface area contributed by atoms with Crippen molar-refractivity contribution in [2.45, 2.75) is 39.2 Å². The lowest BCUT2D eigenvalue weighted by Gasteiger charge is -2.16. The van der Waals surface area contributed by atoms with Crippen LogP contribution in [0.3, 0.4) is 0 Å². The topological polar surface area (TPSA) is 34.2 Å². The summed E-state index contributed by atoms with van der Waals surface area (Å²) in [5, 5.41) is 3.29. The van der Waals surface area contributed by atoms with Gasteiger partial charge in [0.2, 0.25) is 0 Å². The summed E-state index contributed by atoms with van der Waals surface area (Å²) in [6, 6.07) is 10.5. The highest BCUT2D eigenvalue weighted by atomic mass is 16.5. The molecular weight excluding hydrogens is 260 g/mol. The Labute approximate surface area is 126 Å². The van der Waals surface area contributed by atoms with Crippen LogP contribution in [0.1, 0.15) is 36.6 Å². The molecule has 3 nitrogen and oxygen atoms in total. The van der Waals surface area contributed by atoms with Crippen LogP contribution >= 0.6 is 0 Å². The van der Waals surface area contributed by atoms with Crippen LogP contribution in [0.4, 0.5) is 5.69 Å². The first-order valence-corrected chi connectivity index (χ1v) is 7.78. The van der Waals surface area contributed by atoms with Crippen molar-refractivity contribution < 1.29 is 4.74 Å². The van der Waals surface area contributed by atoms with Gasteiger partial charge in [-0.15, -0.1) is 0 Å². The lowest BCUT2D eigenvalue weighted by atomic mass is 9.92. The number of aryl methyl sites for hydroxylation is 2. The number of nitrogens with zero attached hydrogens (tertiary/aromatic N) is 1. The maximum absolute atomic E-state index is 5.90. The van der Waals surface area contributed by atoms with Crippen LogP contribution in [0.15, 0.2) is 36.5 Å². The normalized spacial score (nSPS) is 13.6. The smallest absolute Gasteiger partial charge is 0.130 e. The number of ether oxygens (including phenoxy) is 1. The molecule has 0 bridgehead atoms. The van der Waals surface area contributed by atoms with E-state index in [-0.39, 0.29) is 0 Å². The Hall–Kier alpha value is -2.03. The highest BCUT2D eigenvalue weighted by Gasteiger charge is 2.10. The minimum absolute atomic E-state index is 0.512. The van der Waals surface area contributed by atoms with Crippen LogP contribution in [0, 0.1) is 0 Å². The van der Waals surface area contributed by atoms with E-state index in [1.54, 1.807) is 0 Å². The number of rotatable bonds is 5. The van der Waals surface area contributed by atoms with Crippen LogP contribution in [-0.2, 0) is 19.4 Å². The van der Waals surface area contributed by atoms with Gasteiger partial charge in [-0.2, -0.15) is 0 Å². The third-order valence-electron chi connectivity index (χ3n) is 3.90. The van der Waals surface area contributed by atoms with Crippen molar-refractivity contribution in [2.75, 3.05) is 11.9 Å². The molecule has 0 amide bonds. The minimum Gasteiger partial charge on any atom is -0.487 e. The van der Waals surface area contributed by atoms with Gasteiger partial charge in [0.1, 0.15) is 12.4 Å². The summed E-state index contributed by atoms with van der Waals surface area (Å²) in [5.74, 6) is 0.950. The summed E-state index contributed by atoms with van der Waals surface area (Å²) in [6.45, 7) is 3.51. The van der Waals surface area contributed by atoms with Crippen molar-refractivity contribution in [1.29, 1.82) is 0 Å². The van der Waals surface area contributed by atoms with Gasteiger partial charge >= 0.3 is 0 Å². The predicted octanol–water partition coefficient (Wildman–Crippen LogP) is 3.97. The summed E-state index contributed by atoms with van der Waals surface area (Å²) in [6.07, 6.45) is 6.82. The van der Waals surface area contributed by atoms with E-state index in [1.165, 1.54) is 36.8 Å². The van der Waals surface area contributed by atoms with Crippen molar-refractivity contribution in [3.05, 3.63) is 53.3 Å². The Morgan fingerprint density at radius 3 is 2.81 bits per heavy atom. The van der Waals surface area contributed by atoms with Gasteiger partial charge in [-0.25, -0.2) is 0 Å². The van der Waals surface area contributed by atoms with Gasteiger partial charge in [-0.3, -0.25) is 4.98 Å². The third kappa shape index (κ3) is 3.54. The fourth-order valence-corrected chi connectivity index (χ4v) is 2.83. The quantitative estimate of drug-likeness (QED) is 0.901. The fraction of sp³-hybridized carbons (Fsp3) is 0.389. The maximum atomic E-state index is 5.90. The Morgan fingerprint density at radius 2 is 1.95 bits per heavy atom. The molecule has 1 N–H and O–H groups in total. The molecule has 0 unspecified atom stereocenters. The second-order valence-corrected chi connectivity index (χ2v) is 5.49. The summed E-state index contributed by atoms with van der Waals surface area (Å²) in [7, 11) is 0. The van der Waals surface area contributed by atoms with Gasteiger partial charge < -0.3 is 10.1 Å². The minimum atomic E-state index is 0.512. The van der Waals surface area contributed by atoms with Gasteiger partial charge in [-0.05, 0) is 68.0 Å². The molecule has 0 aliphatic heterocycles. The molecule has 3 heteroatoms. The zero-order valence-electron chi connectivity index (χ0n) is 12.6. The Morgan fingerprint density at radius 1 is 1.10 bits per heavy atom. The van der Waals surface area contributed by atoms with Crippen LogP contribution in [-0.4, -0.2) is 11.5 Å². The SMILES string of the molecule is CCNc1ccnc(COc2ccc3c(c2)CCCC3)c1. The summed E-state index contributed by atoms with van der Waals surface area (Å²) in [4.78, 5) is 4.36. The van der Waals surface area contributed by atoms with Gasteiger partial charge in [0, 0.05) is 18.4 Å². The number of aromatic nitrogens is 1. The molecule has 1 aromatic heterocycles. The van der Waals surface area contributed by atoms with E-state index in [2.05, 4.69) is 35.4 Å². The third-order valence-corrected chi connectivity index (χ3v) is 3.90. The van der Waals surface area contributed by atoms with E-state index >= 15 is 0 Å². The first-order valence-electron chi connectivity index (χ1n) is 7.78. The number of anilines is 1. The predicted molar refractivity (Wildman–Crippen MR) is 85.8 cm³/mol. The maximum Gasteiger partial charge on any atom is 0.130 e. The molecular formula is C18H22N2O. The molecule has 0 radical (unpaired) electrons. The second kappa shape index (κ2) is 6.61. The molecule has 0 saturated heterocycles. The molecule has 2 aromatic rings. The monoisotopic (exact) mass is 282 g/mol. The van der Waals surface area contributed by atoms with Crippen molar-refractivity contribution >= 4 is 5.69 Å². The lowest BCUT2D eigenvalue weighted by molar-refractivity contribution is 0.301. The molecule has 0 saturated carbocycles. The van der Waals surface area contributed by atoms with Crippen LogP contribution < -0.4 is 10.1 Å². The molecule has 110 valence electrons. The number of benzene rings is 1. The molecule has 0 atom stereocenters. The highest BCUT2D eigenvalue weighted by Crippen LogP contribution is 2.25. The fourth-order valence-electron chi connectivity index (χ4n) is 2.83. The summed E-state index contributed by atoms with van der Waals surface area (Å²) >= 11 is 0.